The number of hydrogen-bond acceptors (Lipinski definition) is 13. The molecule has 17 heteroatoms. The van der Waals surface area contributed by atoms with Crippen LogP contribution in [0.1, 0.15) is 27.5 Å². The summed E-state index contributed by atoms with van der Waals surface area (Å²) in [6.07, 6.45) is -0.167. The van der Waals surface area contributed by atoms with E-state index in [1.54, 1.807) is 0 Å². The standard InChI is InChI=1S/C23H16O11.C8H9NO5/c24-11(9-31-14-3-1-5-16-20(14)12(25)7-18(33-16)22(27)28)10-32-15-4-2-6-17-21(15)13(26)8-19(34-17)23(29)30;10-2-1-4-7(8(12)13)9-5(11)3-6(9)14-4/h1-8,11,24H,9-10H2,(H,27,28)(H,29,30);1,6-7,10H,2-3H2,(H,12,13)/b;4-1-/t;6-,7-/m.1/s1. The third-order valence-electron chi connectivity index (χ3n) is 7.01. The van der Waals surface area contributed by atoms with Crippen molar-refractivity contribution in [3.8, 4) is 11.5 Å². The van der Waals surface area contributed by atoms with Gasteiger partial charge < -0.3 is 48.6 Å². The molecule has 0 aliphatic carbocycles. The summed E-state index contributed by atoms with van der Waals surface area (Å²) in [5, 5.41) is 45.8. The zero-order valence-corrected chi connectivity index (χ0v) is 24.4. The normalized spacial score (nSPS) is 17.4. The Morgan fingerprint density at radius 1 is 0.854 bits per heavy atom. The van der Waals surface area contributed by atoms with Crippen LogP contribution in [0.25, 0.3) is 21.9 Å². The molecule has 1 amide bonds. The van der Waals surface area contributed by atoms with Crippen molar-refractivity contribution in [2.24, 2.45) is 0 Å². The number of aliphatic carboxylic acids is 1. The number of aliphatic hydroxyl groups excluding tert-OH is 2. The average Bonchev–Trinajstić information content (AvgIpc) is 3.34. The summed E-state index contributed by atoms with van der Waals surface area (Å²) in [4.78, 5) is 69.9. The van der Waals surface area contributed by atoms with Crippen LogP contribution in [-0.4, -0.2) is 92.4 Å². The van der Waals surface area contributed by atoms with Gasteiger partial charge in [0.15, 0.2) is 23.1 Å². The van der Waals surface area contributed by atoms with E-state index >= 15 is 0 Å². The number of fused-ring (bicyclic) bond motifs is 3. The molecule has 2 aromatic heterocycles. The van der Waals surface area contributed by atoms with E-state index in [4.69, 9.17) is 43.5 Å². The quantitative estimate of drug-likeness (QED) is 0.148. The molecule has 0 unspecified atom stereocenters. The fraction of sp³-hybridized carbons (Fsp3) is 0.226. The molecular formula is C31H25NO16. The molecule has 0 bridgehead atoms. The molecule has 250 valence electrons. The molecular weight excluding hydrogens is 642 g/mol. The van der Waals surface area contributed by atoms with Gasteiger partial charge in [-0.05, 0) is 30.3 Å². The maximum atomic E-state index is 12.3. The number of aromatic carboxylic acids is 2. The van der Waals surface area contributed by atoms with Gasteiger partial charge in [-0.15, -0.1) is 0 Å². The zero-order chi connectivity index (χ0) is 34.7. The minimum absolute atomic E-state index is 0.0105. The Morgan fingerprint density at radius 2 is 1.35 bits per heavy atom. The zero-order valence-electron chi connectivity index (χ0n) is 24.4. The molecule has 4 heterocycles. The van der Waals surface area contributed by atoms with Crippen molar-refractivity contribution < 1.29 is 67.8 Å². The summed E-state index contributed by atoms with van der Waals surface area (Å²) < 4.78 is 26.6. The molecule has 17 nitrogen and oxygen atoms in total. The van der Waals surface area contributed by atoms with E-state index < -0.39 is 58.7 Å². The van der Waals surface area contributed by atoms with Crippen LogP contribution in [0.2, 0.25) is 0 Å². The number of carboxylic acid groups (broad SMARTS) is 3. The predicted octanol–water partition coefficient (Wildman–Crippen LogP) is 1.02. The lowest BCUT2D eigenvalue weighted by Crippen LogP contribution is -2.54. The number of amides is 1. The molecule has 0 saturated carbocycles. The summed E-state index contributed by atoms with van der Waals surface area (Å²) >= 11 is 0. The van der Waals surface area contributed by atoms with Gasteiger partial charge in [0, 0.05) is 12.1 Å². The second-order valence-electron chi connectivity index (χ2n) is 10.2. The van der Waals surface area contributed by atoms with Crippen LogP contribution < -0.4 is 20.3 Å². The first kappa shape index (κ1) is 33.2. The number of carboxylic acids is 3. The first-order chi connectivity index (χ1) is 22.9. The average molecular weight is 668 g/mol. The van der Waals surface area contributed by atoms with Gasteiger partial charge in [-0.2, -0.15) is 0 Å². The van der Waals surface area contributed by atoms with Crippen LogP contribution in [-0.2, 0) is 14.3 Å². The summed E-state index contributed by atoms with van der Waals surface area (Å²) in [5.74, 6) is -4.88. The highest BCUT2D eigenvalue weighted by molar-refractivity contribution is 5.92. The van der Waals surface area contributed by atoms with E-state index in [0.717, 1.165) is 12.1 Å². The number of nitrogens with zero attached hydrogens (tertiary/aromatic N) is 1. The Balaban J connectivity index is 0.000000267. The highest BCUT2D eigenvalue weighted by Crippen LogP contribution is 2.36. The highest BCUT2D eigenvalue weighted by Gasteiger charge is 2.53. The number of carbonyl (C=O) groups excluding carboxylic acids is 1. The van der Waals surface area contributed by atoms with Gasteiger partial charge >= 0.3 is 17.9 Å². The third-order valence-corrected chi connectivity index (χ3v) is 7.01. The Morgan fingerprint density at radius 3 is 1.77 bits per heavy atom. The van der Waals surface area contributed by atoms with Crippen LogP contribution in [0.3, 0.4) is 0 Å². The molecule has 2 atom stereocenters. The monoisotopic (exact) mass is 667 g/mol. The second kappa shape index (κ2) is 13.7. The van der Waals surface area contributed by atoms with Gasteiger partial charge in [-0.25, -0.2) is 14.4 Å². The molecule has 2 fully saturated rings. The summed E-state index contributed by atoms with van der Waals surface area (Å²) in [7, 11) is 0. The lowest BCUT2D eigenvalue weighted by atomic mass is 10.1. The molecule has 4 aromatic rings. The maximum Gasteiger partial charge on any atom is 0.371 e. The molecule has 48 heavy (non-hydrogen) atoms. The number of benzene rings is 2. The smallest absolute Gasteiger partial charge is 0.371 e. The van der Waals surface area contributed by atoms with E-state index in [2.05, 4.69) is 0 Å². The Hall–Kier alpha value is -6.20. The van der Waals surface area contributed by atoms with E-state index in [9.17, 15) is 33.9 Å². The van der Waals surface area contributed by atoms with Gasteiger partial charge in [0.25, 0.3) is 0 Å². The second-order valence-corrected chi connectivity index (χ2v) is 10.2. The predicted molar refractivity (Wildman–Crippen MR) is 159 cm³/mol. The van der Waals surface area contributed by atoms with Crippen molar-refractivity contribution >= 4 is 45.8 Å². The van der Waals surface area contributed by atoms with Gasteiger partial charge in [0.1, 0.15) is 58.5 Å². The molecule has 5 N–H and O–H groups in total. The summed E-state index contributed by atoms with van der Waals surface area (Å²) in [6, 6.07) is 9.35. The Labute approximate surface area is 267 Å². The van der Waals surface area contributed by atoms with Crippen molar-refractivity contribution in [2.75, 3.05) is 19.8 Å². The third kappa shape index (κ3) is 6.67. The largest absolute Gasteiger partial charge is 0.490 e. The van der Waals surface area contributed by atoms with Crippen LogP contribution >= 0.6 is 0 Å². The molecule has 2 aliphatic heterocycles. The molecule has 0 radical (unpaired) electrons. The van der Waals surface area contributed by atoms with Crippen molar-refractivity contribution in [3.05, 3.63) is 92.3 Å². The van der Waals surface area contributed by atoms with Crippen molar-refractivity contribution in [2.45, 2.75) is 24.8 Å². The maximum absolute atomic E-state index is 12.3. The molecule has 6 rings (SSSR count). The molecule has 0 spiro atoms. The first-order valence-corrected chi connectivity index (χ1v) is 13.9. The number of rotatable bonds is 10. The van der Waals surface area contributed by atoms with Gasteiger partial charge in [0.05, 0.1) is 13.0 Å². The van der Waals surface area contributed by atoms with Gasteiger partial charge in [-0.1, -0.05) is 12.1 Å². The lowest BCUT2D eigenvalue weighted by molar-refractivity contribution is -0.163. The van der Waals surface area contributed by atoms with E-state index in [-0.39, 0.29) is 71.3 Å². The number of ether oxygens (including phenoxy) is 3. The Kier molecular flexibility index (Phi) is 9.44. The fourth-order valence-corrected chi connectivity index (χ4v) is 4.89. The summed E-state index contributed by atoms with van der Waals surface area (Å²) in [6.45, 7) is -0.905. The van der Waals surface area contributed by atoms with Crippen LogP contribution in [0.15, 0.2) is 78.8 Å². The highest BCUT2D eigenvalue weighted by atomic mass is 16.5. The lowest BCUT2D eigenvalue weighted by Gasteiger charge is -2.33. The summed E-state index contributed by atoms with van der Waals surface area (Å²) in [5.41, 5.74) is -1.22. The first-order valence-electron chi connectivity index (χ1n) is 13.9. The number of carbonyl (C=O) groups is 4. The van der Waals surface area contributed by atoms with Gasteiger partial charge in [-0.3, -0.25) is 19.3 Å². The van der Waals surface area contributed by atoms with Crippen LogP contribution in [0.4, 0.5) is 0 Å². The topological polar surface area (TPSA) is 261 Å². The molecule has 2 saturated heterocycles. The number of aliphatic hydroxyl groups is 2. The Bertz CT molecular complexity index is 1960. The number of β-lactam (4-membered cyclic amide) rings is 1. The van der Waals surface area contributed by atoms with Crippen molar-refractivity contribution in [1.29, 1.82) is 0 Å². The van der Waals surface area contributed by atoms with Gasteiger partial charge in [0.2, 0.25) is 17.4 Å². The molecule has 2 aromatic carbocycles. The van der Waals surface area contributed by atoms with Crippen LogP contribution in [0, 0.1) is 0 Å². The van der Waals surface area contributed by atoms with E-state index in [0.29, 0.717) is 0 Å². The van der Waals surface area contributed by atoms with E-state index in [1.807, 2.05) is 0 Å². The number of hydrogen-bond donors (Lipinski definition) is 5. The molecule has 2 aliphatic rings. The van der Waals surface area contributed by atoms with Crippen molar-refractivity contribution in [1.82, 2.24) is 4.90 Å². The SMILES string of the molecule is O=C(O)[C@H]1/C(=C/CO)O[C@@H]2CC(=O)N21.O=C(O)c1cc(=O)c2c(OCC(O)COc3cccc4oc(C(=O)O)cc(=O)c34)cccc2o1. The fourth-order valence-electron chi connectivity index (χ4n) is 4.89. The minimum Gasteiger partial charge on any atom is -0.490 e. The van der Waals surface area contributed by atoms with Crippen molar-refractivity contribution in [3.63, 3.8) is 0 Å². The van der Waals surface area contributed by atoms with E-state index in [1.165, 1.54) is 47.4 Å². The minimum atomic E-state index is -1.39. The van der Waals surface area contributed by atoms with Crippen LogP contribution in [0.5, 0.6) is 11.5 Å².